The van der Waals surface area contributed by atoms with Crippen molar-refractivity contribution in [2.75, 3.05) is 0 Å². The van der Waals surface area contributed by atoms with Crippen LogP contribution in [-0.4, -0.2) is 73.1 Å². The van der Waals surface area contributed by atoms with Crippen molar-refractivity contribution in [2.24, 2.45) is 17.8 Å². The zero-order valence-corrected chi connectivity index (χ0v) is 28.8. The van der Waals surface area contributed by atoms with Gasteiger partial charge in [0.25, 0.3) is 27.6 Å². The standard InChI is InChI=1S/C33H38ClF3N4O7S/c1-17(2)25(28(42)33(35,36)37)38-31(45)27-19-7-13-23(14-8-19)41(27)32(46)26(18(3)4)39-29(43)20-9-15-24(16-10-20)49(47,48)40-30(44)21-5-11-22(34)12-6-21/h5-6,9-12,15-19,23,25-27H,7-8,13-14H2,1-4H3,(H,38,45)(H,39,43)(H,40,44)/t19?,23?,25?,26-,27-/m0/s1. The van der Waals surface area contributed by atoms with Crippen molar-refractivity contribution < 1.29 is 45.6 Å². The maximum absolute atomic E-state index is 14.1. The number of halogens is 4. The Morgan fingerprint density at radius 3 is 1.80 bits per heavy atom. The molecule has 1 unspecified atom stereocenters. The minimum atomic E-state index is -5.16. The molecule has 16 heteroatoms. The Kier molecular flexibility index (Phi) is 11.5. The van der Waals surface area contributed by atoms with Crippen LogP contribution in [0.3, 0.4) is 0 Å². The van der Waals surface area contributed by atoms with Gasteiger partial charge in [-0.05, 0) is 92.0 Å². The summed E-state index contributed by atoms with van der Waals surface area (Å²) in [7, 11) is -4.32. The van der Waals surface area contributed by atoms with E-state index in [-0.39, 0.29) is 21.9 Å². The number of benzene rings is 2. The van der Waals surface area contributed by atoms with Crippen LogP contribution in [0.25, 0.3) is 0 Å². The Morgan fingerprint density at radius 1 is 0.776 bits per heavy atom. The van der Waals surface area contributed by atoms with Gasteiger partial charge in [0.05, 0.1) is 10.9 Å². The quantitative estimate of drug-likeness (QED) is 0.312. The van der Waals surface area contributed by atoms with Gasteiger partial charge in [0, 0.05) is 22.2 Å². The molecule has 3 aliphatic rings. The van der Waals surface area contributed by atoms with E-state index in [2.05, 4.69) is 10.6 Å². The fraction of sp³-hybridized carbons (Fsp3) is 0.485. The van der Waals surface area contributed by atoms with Crippen LogP contribution in [0, 0.1) is 17.8 Å². The number of fused-ring (bicyclic) bond motifs is 3. The van der Waals surface area contributed by atoms with Crippen LogP contribution < -0.4 is 15.4 Å². The SMILES string of the molecule is CC(C)C(NC(=O)[C@@H]1C2CCC(CC2)N1C(=O)[C@@H](NC(=O)c1ccc(S(=O)(=O)NC(=O)c2ccc(Cl)cc2)cc1)C(C)C)C(=O)C(F)(F)F. The van der Waals surface area contributed by atoms with Gasteiger partial charge in [0.15, 0.2) is 0 Å². The van der Waals surface area contributed by atoms with E-state index in [0.717, 1.165) is 12.1 Å². The van der Waals surface area contributed by atoms with Gasteiger partial charge in [-0.2, -0.15) is 13.2 Å². The molecule has 2 aliphatic heterocycles. The van der Waals surface area contributed by atoms with Crippen LogP contribution in [0.1, 0.15) is 74.1 Å². The lowest BCUT2D eigenvalue weighted by atomic mass is 9.73. The van der Waals surface area contributed by atoms with Crippen molar-refractivity contribution >= 4 is 51.0 Å². The molecule has 5 rings (SSSR count). The molecule has 0 aromatic heterocycles. The number of hydrogen-bond donors (Lipinski definition) is 3. The number of carbonyl (C=O) groups excluding carboxylic acids is 5. The summed E-state index contributed by atoms with van der Waals surface area (Å²) in [5, 5.41) is 5.30. The first-order valence-corrected chi connectivity index (χ1v) is 17.6. The van der Waals surface area contributed by atoms with Crippen LogP contribution >= 0.6 is 11.6 Å². The summed E-state index contributed by atoms with van der Waals surface area (Å²) in [5.41, 5.74) is 0.0610. The fourth-order valence-corrected chi connectivity index (χ4v) is 7.38. The van der Waals surface area contributed by atoms with Crippen LogP contribution in [0.2, 0.25) is 5.02 Å². The molecule has 4 amide bonds. The summed E-state index contributed by atoms with van der Waals surface area (Å²) in [6.45, 7) is 6.12. The molecular formula is C33H38ClF3N4O7S. The lowest BCUT2D eigenvalue weighted by molar-refractivity contribution is -0.175. The molecule has 2 aromatic rings. The summed E-state index contributed by atoms with van der Waals surface area (Å²) < 4.78 is 67.5. The van der Waals surface area contributed by atoms with Gasteiger partial charge >= 0.3 is 6.18 Å². The molecule has 2 bridgehead atoms. The lowest BCUT2D eigenvalue weighted by Gasteiger charge is -2.51. The van der Waals surface area contributed by atoms with Crippen molar-refractivity contribution in [2.45, 2.75) is 88.6 Å². The summed E-state index contributed by atoms with van der Waals surface area (Å²) in [6.07, 6.45) is -2.89. The van der Waals surface area contributed by atoms with Gasteiger partial charge < -0.3 is 15.5 Å². The summed E-state index contributed by atoms with van der Waals surface area (Å²) in [6, 6.07) is 5.72. The molecule has 3 fully saturated rings. The second-order valence-corrected chi connectivity index (χ2v) is 15.1. The number of amides is 4. The molecule has 0 spiro atoms. The highest BCUT2D eigenvalue weighted by molar-refractivity contribution is 7.90. The van der Waals surface area contributed by atoms with Gasteiger partial charge in [-0.3, -0.25) is 24.0 Å². The van der Waals surface area contributed by atoms with Crippen molar-refractivity contribution in [3.63, 3.8) is 0 Å². The fourth-order valence-electron chi connectivity index (χ4n) is 6.28. The van der Waals surface area contributed by atoms with E-state index in [0.29, 0.717) is 30.7 Å². The average Bonchev–Trinajstić information content (AvgIpc) is 3.04. The molecule has 2 aromatic carbocycles. The third-order valence-electron chi connectivity index (χ3n) is 8.91. The van der Waals surface area contributed by atoms with E-state index in [9.17, 15) is 45.6 Å². The minimum absolute atomic E-state index is 0.00123. The topological polar surface area (TPSA) is 159 Å². The highest BCUT2D eigenvalue weighted by atomic mass is 35.5. The maximum Gasteiger partial charge on any atom is 0.452 e. The molecular weight excluding hydrogens is 689 g/mol. The van der Waals surface area contributed by atoms with Gasteiger partial charge in [-0.25, -0.2) is 13.1 Å². The zero-order valence-electron chi connectivity index (χ0n) is 27.2. The molecule has 49 heavy (non-hydrogen) atoms. The van der Waals surface area contributed by atoms with Gasteiger partial charge in [0.1, 0.15) is 12.1 Å². The van der Waals surface area contributed by atoms with E-state index in [4.69, 9.17) is 11.6 Å². The van der Waals surface area contributed by atoms with Crippen LogP contribution in [0.15, 0.2) is 53.4 Å². The third-order valence-corrected chi connectivity index (χ3v) is 10.5. The van der Waals surface area contributed by atoms with Crippen molar-refractivity contribution in [3.05, 3.63) is 64.7 Å². The second-order valence-electron chi connectivity index (χ2n) is 13.0. The minimum Gasteiger partial charge on any atom is -0.344 e. The number of Topliss-reactive ketones (excluding diaryl/α,β-unsaturated/α-hetero) is 1. The number of hydrogen-bond acceptors (Lipinski definition) is 7. The van der Waals surface area contributed by atoms with Crippen LogP contribution in [0.4, 0.5) is 13.2 Å². The van der Waals surface area contributed by atoms with Crippen molar-refractivity contribution in [1.29, 1.82) is 0 Å². The number of piperidine rings is 2. The first-order valence-electron chi connectivity index (χ1n) is 15.8. The largest absolute Gasteiger partial charge is 0.452 e. The molecule has 1 aliphatic carbocycles. The molecule has 11 nitrogen and oxygen atoms in total. The third kappa shape index (κ3) is 8.61. The lowest BCUT2D eigenvalue weighted by Crippen LogP contribution is -2.67. The number of ketones is 1. The monoisotopic (exact) mass is 726 g/mol. The molecule has 266 valence electrons. The van der Waals surface area contributed by atoms with Gasteiger partial charge in [-0.1, -0.05) is 39.3 Å². The Balaban J connectivity index is 1.50. The van der Waals surface area contributed by atoms with E-state index < -0.39 is 81.6 Å². The Labute approximate surface area is 287 Å². The molecule has 3 N–H and O–H groups in total. The first kappa shape index (κ1) is 37.8. The Hall–Kier alpha value is -3.98. The number of sulfonamides is 1. The van der Waals surface area contributed by atoms with Crippen LogP contribution in [-0.2, 0) is 24.4 Å². The number of nitrogens with zero attached hydrogens (tertiary/aromatic N) is 1. The highest BCUT2D eigenvalue weighted by Gasteiger charge is 2.51. The summed E-state index contributed by atoms with van der Waals surface area (Å²) >= 11 is 5.81. The molecule has 0 radical (unpaired) electrons. The number of rotatable bonds is 11. The normalized spacial score (nSPS) is 20.4. The summed E-state index contributed by atoms with van der Waals surface area (Å²) in [4.78, 5) is 66.6. The number of nitrogens with one attached hydrogen (secondary N) is 3. The predicted octanol–water partition coefficient (Wildman–Crippen LogP) is 4.25. The molecule has 1 saturated carbocycles. The molecule has 3 atom stereocenters. The zero-order chi connectivity index (χ0) is 36.4. The van der Waals surface area contributed by atoms with Gasteiger partial charge in [0.2, 0.25) is 11.8 Å². The van der Waals surface area contributed by atoms with E-state index in [1.165, 1.54) is 55.1 Å². The second kappa shape index (κ2) is 14.9. The average molecular weight is 727 g/mol. The smallest absolute Gasteiger partial charge is 0.344 e. The molecule has 2 heterocycles. The Morgan fingerprint density at radius 2 is 1.29 bits per heavy atom. The number of alkyl halides is 3. The van der Waals surface area contributed by atoms with Crippen molar-refractivity contribution in [1.82, 2.24) is 20.3 Å². The first-order chi connectivity index (χ1) is 22.8. The van der Waals surface area contributed by atoms with Crippen LogP contribution in [0.5, 0.6) is 0 Å². The maximum atomic E-state index is 14.1. The van der Waals surface area contributed by atoms with E-state index in [1.54, 1.807) is 13.8 Å². The summed E-state index contributed by atoms with van der Waals surface area (Å²) in [5.74, 6) is -6.84. The predicted molar refractivity (Wildman–Crippen MR) is 173 cm³/mol. The van der Waals surface area contributed by atoms with E-state index >= 15 is 0 Å². The number of carbonyl (C=O) groups is 5. The van der Waals surface area contributed by atoms with Crippen molar-refractivity contribution in [3.8, 4) is 0 Å². The molecule has 2 saturated heterocycles. The Bertz CT molecular complexity index is 1690. The van der Waals surface area contributed by atoms with E-state index in [1.807, 2.05) is 4.72 Å². The highest BCUT2D eigenvalue weighted by Crippen LogP contribution is 2.40. The van der Waals surface area contributed by atoms with Gasteiger partial charge in [-0.15, -0.1) is 0 Å².